The van der Waals surface area contributed by atoms with Crippen molar-refractivity contribution in [3.63, 3.8) is 0 Å². The Morgan fingerprint density at radius 3 is 2.00 bits per heavy atom. The first-order chi connectivity index (χ1) is 4.47. The van der Waals surface area contributed by atoms with E-state index in [1.807, 2.05) is 0 Å². The summed E-state index contributed by atoms with van der Waals surface area (Å²) in [5, 5.41) is 0. The number of allylic oxidation sites excluding steroid dienone is 2. The second-order valence-corrected chi connectivity index (χ2v) is 3.38. The summed E-state index contributed by atoms with van der Waals surface area (Å²) >= 11 is 0. The molecule has 9 heavy (non-hydrogen) atoms. The number of fused-ring (bicyclic) bond motifs is 1. The first-order valence-electron chi connectivity index (χ1n) is 4.12. The van der Waals surface area contributed by atoms with Gasteiger partial charge in [0.2, 0.25) is 0 Å². The molecule has 0 nitrogen and oxygen atoms in total. The average molecular weight is 122 g/mol. The molecule has 0 heteroatoms. The Balaban J connectivity index is 1.91. The molecule has 0 aliphatic heterocycles. The zero-order valence-corrected chi connectivity index (χ0v) is 5.84. The summed E-state index contributed by atoms with van der Waals surface area (Å²) < 4.78 is 0. The van der Waals surface area contributed by atoms with Crippen LogP contribution in [-0.2, 0) is 0 Å². The number of hydrogen-bond acceptors (Lipinski definition) is 0. The van der Waals surface area contributed by atoms with Crippen LogP contribution >= 0.6 is 0 Å². The normalized spacial score (nSPS) is 44.4. The summed E-state index contributed by atoms with van der Waals surface area (Å²) in [5.74, 6) is 2.27. The summed E-state index contributed by atoms with van der Waals surface area (Å²) in [6.45, 7) is 0. The fourth-order valence-corrected chi connectivity index (χ4v) is 1.87. The van der Waals surface area contributed by atoms with E-state index in [9.17, 15) is 0 Å². The highest BCUT2D eigenvalue weighted by molar-refractivity contribution is 4.94. The standard InChI is InChI=1S/C9H14/c1-2-4-6-9-7-8(9)5-3-1/h1-2,8-9H,3-7H2/b2-1-/t8-,9+. The highest BCUT2D eigenvalue weighted by Gasteiger charge is 2.35. The highest BCUT2D eigenvalue weighted by Crippen LogP contribution is 2.45. The molecule has 0 heterocycles. The van der Waals surface area contributed by atoms with Crippen LogP contribution in [0.2, 0.25) is 0 Å². The fraction of sp³-hybridized carbons (Fsp3) is 0.778. The third kappa shape index (κ3) is 1.17. The first-order valence-corrected chi connectivity index (χ1v) is 4.12. The largest absolute Gasteiger partial charge is 0.0885 e. The Morgan fingerprint density at radius 1 is 0.889 bits per heavy atom. The van der Waals surface area contributed by atoms with Gasteiger partial charge in [0.15, 0.2) is 0 Å². The molecule has 2 aliphatic rings. The van der Waals surface area contributed by atoms with E-state index >= 15 is 0 Å². The fourth-order valence-electron chi connectivity index (χ4n) is 1.87. The van der Waals surface area contributed by atoms with Gasteiger partial charge in [-0.25, -0.2) is 0 Å². The quantitative estimate of drug-likeness (QED) is 0.433. The van der Waals surface area contributed by atoms with Crippen LogP contribution in [0.15, 0.2) is 12.2 Å². The van der Waals surface area contributed by atoms with Gasteiger partial charge in [0, 0.05) is 0 Å². The molecular weight excluding hydrogens is 108 g/mol. The molecule has 0 radical (unpaired) electrons. The lowest BCUT2D eigenvalue weighted by Gasteiger charge is -1.99. The number of rotatable bonds is 0. The maximum Gasteiger partial charge on any atom is -0.0348 e. The minimum absolute atomic E-state index is 1.13. The van der Waals surface area contributed by atoms with Gasteiger partial charge >= 0.3 is 0 Å². The second kappa shape index (κ2) is 2.17. The van der Waals surface area contributed by atoms with Crippen LogP contribution in [0.1, 0.15) is 32.1 Å². The van der Waals surface area contributed by atoms with E-state index in [1.54, 1.807) is 6.42 Å². The van der Waals surface area contributed by atoms with Gasteiger partial charge in [-0.05, 0) is 43.9 Å². The Hall–Kier alpha value is -0.260. The van der Waals surface area contributed by atoms with E-state index in [1.165, 1.54) is 25.7 Å². The maximum absolute atomic E-state index is 2.36. The molecule has 50 valence electrons. The van der Waals surface area contributed by atoms with Crippen LogP contribution in [0.4, 0.5) is 0 Å². The van der Waals surface area contributed by atoms with Crippen molar-refractivity contribution in [3.05, 3.63) is 12.2 Å². The smallest absolute Gasteiger partial charge is 0.0348 e. The lowest BCUT2D eigenvalue weighted by atomic mass is 10.1. The van der Waals surface area contributed by atoms with Crippen molar-refractivity contribution in [2.45, 2.75) is 32.1 Å². The van der Waals surface area contributed by atoms with E-state index in [-0.39, 0.29) is 0 Å². The monoisotopic (exact) mass is 122 g/mol. The Morgan fingerprint density at radius 2 is 1.44 bits per heavy atom. The van der Waals surface area contributed by atoms with Crippen molar-refractivity contribution in [1.29, 1.82) is 0 Å². The molecule has 0 aromatic carbocycles. The van der Waals surface area contributed by atoms with Crippen molar-refractivity contribution in [1.82, 2.24) is 0 Å². The van der Waals surface area contributed by atoms with Crippen LogP contribution in [-0.4, -0.2) is 0 Å². The Bertz CT molecular complexity index is 110. The topological polar surface area (TPSA) is 0 Å². The summed E-state index contributed by atoms with van der Waals surface area (Å²) in [6, 6.07) is 0. The van der Waals surface area contributed by atoms with Crippen molar-refractivity contribution in [2.75, 3.05) is 0 Å². The molecular formula is C9H14. The van der Waals surface area contributed by atoms with Crippen LogP contribution in [0.3, 0.4) is 0 Å². The third-order valence-corrected chi connectivity index (χ3v) is 2.64. The molecule has 2 atom stereocenters. The van der Waals surface area contributed by atoms with E-state index in [2.05, 4.69) is 12.2 Å². The summed E-state index contributed by atoms with van der Waals surface area (Å²) in [5.41, 5.74) is 0. The lowest BCUT2D eigenvalue weighted by Crippen LogP contribution is -1.85. The Kier molecular flexibility index (Phi) is 1.33. The van der Waals surface area contributed by atoms with E-state index in [4.69, 9.17) is 0 Å². The summed E-state index contributed by atoms with van der Waals surface area (Å²) in [4.78, 5) is 0. The SMILES string of the molecule is C1=C\CC[C@H]2C[C@H]2CC/1. The second-order valence-electron chi connectivity index (χ2n) is 3.38. The molecule has 0 saturated heterocycles. The van der Waals surface area contributed by atoms with Gasteiger partial charge in [0.05, 0.1) is 0 Å². The van der Waals surface area contributed by atoms with Crippen molar-refractivity contribution < 1.29 is 0 Å². The molecule has 0 bridgehead atoms. The van der Waals surface area contributed by atoms with E-state index < -0.39 is 0 Å². The number of hydrogen-bond donors (Lipinski definition) is 0. The molecule has 2 rings (SSSR count). The van der Waals surface area contributed by atoms with Crippen molar-refractivity contribution in [2.24, 2.45) is 11.8 Å². The van der Waals surface area contributed by atoms with Gasteiger partial charge in [-0.2, -0.15) is 0 Å². The van der Waals surface area contributed by atoms with Gasteiger partial charge in [0.1, 0.15) is 0 Å². The van der Waals surface area contributed by atoms with Crippen LogP contribution in [0.25, 0.3) is 0 Å². The van der Waals surface area contributed by atoms with E-state index in [0.717, 1.165) is 11.8 Å². The van der Waals surface area contributed by atoms with Gasteiger partial charge in [-0.3, -0.25) is 0 Å². The van der Waals surface area contributed by atoms with Gasteiger partial charge in [-0.1, -0.05) is 12.2 Å². The molecule has 0 spiro atoms. The average Bonchev–Trinajstić information content (AvgIpc) is 2.46. The maximum atomic E-state index is 2.36. The first kappa shape index (κ1) is 5.52. The zero-order valence-electron chi connectivity index (χ0n) is 5.84. The molecule has 2 aliphatic carbocycles. The Labute approximate surface area is 57.0 Å². The summed E-state index contributed by atoms with van der Waals surface area (Å²) in [6.07, 6.45) is 11.9. The third-order valence-electron chi connectivity index (χ3n) is 2.64. The molecule has 0 aromatic rings. The summed E-state index contributed by atoms with van der Waals surface area (Å²) in [7, 11) is 0. The van der Waals surface area contributed by atoms with Crippen LogP contribution in [0.5, 0.6) is 0 Å². The van der Waals surface area contributed by atoms with Crippen molar-refractivity contribution in [3.8, 4) is 0 Å². The minimum Gasteiger partial charge on any atom is -0.0885 e. The zero-order chi connectivity index (χ0) is 6.10. The molecule has 0 aromatic heterocycles. The van der Waals surface area contributed by atoms with Gasteiger partial charge in [-0.15, -0.1) is 0 Å². The minimum atomic E-state index is 1.13. The van der Waals surface area contributed by atoms with Crippen molar-refractivity contribution >= 4 is 0 Å². The molecule has 0 N–H and O–H groups in total. The van der Waals surface area contributed by atoms with Gasteiger partial charge < -0.3 is 0 Å². The van der Waals surface area contributed by atoms with E-state index in [0.29, 0.717) is 0 Å². The predicted octanol–water partition coefficient (Wildman–Crippen LogP) is 2.75. The lowest BCUT2D eigenvalue weighted by molar-refractivity contribution is 0.605. The molecule has 0 unspecified atom stereocenters. The highest BCUT2D eigenvalue weighted by atomic mass is 14.4. The molecule has 1 saturated carbocycles. The molecule has 1 fully saturated rings. The predicted molar refractivity (Wildman–Crippen MR) is 39.2 cm³/mol. The molecule has 0 amide bonds. The van der Waals surface area contributed by atoms with Crippen LogP contribution in [0, 0.1) is 11.8 Å². The van der Waals surface area contributed by atoms with Gasteiger partial charge in [0.25, 0.3) is 0 Å². The van der Waals surface area contributed by atoms with Crippen LogP contribution < -0.4 is 0 Å².